The van der Waals surface area contributed by atoms with Crippen LogP contribution >= 0.6 is 0 Å². The minimum atomic E-state index is -1.08. The van der Waals surface area contributed by atoms with Gasteiger partial charge in [0.1, 0.15) is 11.9 Å². The second-order valence-electron chi connectivity index (χ2n) is 4.28. The Bertz CT molecular complexity index is 693. The molecular formula is C15H12FN3O2. The highest BCUT2D eigenvalue weighted by Gasteiger charge is 2.04. The van der Waals surface area contributed by atoms with Gasteiger partial charge in [-0.3, -0.25) is 0 Å². The summed E-state index contributed by atoms with van der Waals surface area (Å²) in [4.78, 5) is 10.4. The van der Waals surface area contributed by atoms with Crippen molar-refractivity contribution in [3.63, 3.8) is 0 Å². The van der Waals surface area contributed by atoms with Crippen LogP contribution in [0, 0.1) is 17.1 Å². The Morgan fingerprint density at radius 1 is 1.24 bits per heavy atom. The third kappa shape index (κ3) is 3.94. The van der Waals surface area contributed by atoms with E-state index in [1.54, 1.807) is 24.3 Å². The molecule has 3 N–H and O–H groups in total. The third-order valence-corrected chi connectivity index (χ3v) is 2.78. The predicted molar refractivity (Wildman–Crippen MR) is 75.7 cm³/mol. The summed E-state index contributed by atoms with van der Waals surface area (Å²) in [6.45, 7) is 0.218. The van der Waals surface area contributed by atoms with Gasteiger partial charge in [0.15, 0.2) is 0 Å². The molecule has 0 aromatic heterocycles. The Hall–Kier alpha value is -3.07. The fourth-order valence-electron chi connectivity index (χ4n) is 1.76. The van der Waals surface area contributed by atoms with E-state index in [0.29, 0.717) is 5.69 Å². The largest absolute Gasteiger partial charge is 0.465 e. The molecule has 1 amide bonds. The topological polar surface area (TPSA) is 85.2 Å². The molecule has 2 aromatic rings. The zero-order chi connectivity index (χ0) is 15.2. The van der Waals surface area contributed by atoms with Gasteiger partial charge in [-0.1, -0.05) is 12.1 Å². The van der Waals surface area contributed by atoms with Crippen LogP contribution in [-0.2, 0) is 6.54 Å². The lowest BCUT2D eigenvalue weighted by Gasteiger charge is -2.09. The summed E-state index contributed by atoms with van der Waals surface area (Å²) in [5.41, 5.74) is 2.25. The quantitative estimate of drug-likeness (QED) is 0.805. The first kappa shape index (κ1) is 14.3. The molecule has 0 saturated carbocycles. The van der Waals surface area contributed by atoms with Crippen molar-refractivity contribution >= 4 is 17.5 Å². The molecule has 0 saturated heterocycles. The van der Waals surface area contributed by atoms with E-state index >= 15 is 0 Å². The fourth-order valence-corrected chi connectivity index (χ4v) is 1.76. The van der Waals surface area contributed by atoms with E-state index in [9.17, 15) is 9.18 Å². The Labute approximate surface area is 120 Å². The van der Waals surface area contributed by atoms with Gasteiger partial charge in [0.25, 0.3) is 0 Å². The SMILES string of the molecule is N#Cc1cc(F)ccc1Nc1ccc(CNC(=O)O)cc1. The fraction of sp³-hybridized carbons (Fsp3) is 0.0667. The molecule has 0 unspecified atom stereocenters. The molecule has 2 rings (SSSR count). The van der Waals surface area contributed by atoms with Crippen molar-refractivity contribution in [3.8, 4) is 6.07 Å². The number of nitrogens with zero attached hydrogens (tertiary/aromatic N) is 1. The van der Waals surface area contributed by atoms with Gasteiger partial charge in [-0.25, -0.2) is 9.18 Å². The Morgan fingerprint density at radius 3 is 2.57 bits per heavy atom. The van der Waals surface area contributed by atoms with Crippen molar-refractivity contribution in [2.24, 2.45) is 0 Å². The van der Waals surface area contributed by atoms with Crippen LogP contribution in [0.4, 0.5) is 20.6 Å². The average molecular weight is 285 g/mol. The van der Waals surface area contributed by atoms with Crippen LogP contribution in [-0.4, -0.2) is 11.2 Å². The van der Waals surface area contributed by atoms with Gasteiger partial charge in [-0.2, -0.15) is 5.26 Å². The summed E-state index contributed by atoms with van der Waals surface area (Å²) in [5, 5.41) is 22.8. The minimum absolute atomic E-state index is 0.214. The Balaban J connectivity index is 2.10. The number of anilines is 2. The van der Waals surface area contributed by atoms with E-state index in [0.717, 1.165) is 17.3 Å². The summed E-state index contributed by atoms with van der Waals surface area (Å²) >= 11 is 0. The van der Waals surface area contributed by atoms with Crippen molar-refractivity contribution in [2.75, 3.05) is 5.32 Å². The zero-order valence-electron chi connectivity index (χ0n) is 10.9. The highest BCUT2D eigenvalue weighted by Crippen LogP contribution is 2.21. The van der Waals surface area contributed by atoms with Crippen LogP contribution in [0.3, 0.4) is 0 Å². The maximum Gasteiger partial charge on any atom is 0.404 e. The monoisotopic (exact) mass is 285 g/mol. The molecular weight excluding hydrogens is 273 g/mol. The van der Waals surface area contributed by atoms with Gasteiger partial charge < -0.3 is 15.7 Å². The number of halogens is 1. The second kappa shape index (κ2) is 6.39. The number of nitriles is 1. The molecule has 0 aliphatic rings. The number of benzene rings is 2. The molecule has 0 atom stereocenters. The van der Waals surface area contributed by atoms with Crippen LogP contribution in [0.2, 0.25) is 0 Å². The second-order valence-corrected chi connectivity index (χ2v) is 4.28. The van der Waals surface area contributed by atoms with E-state index in [4.69, 9.17) is 10.4 Å². The third-order valence-electron chi connectivity index (χ3n) is 2.78. The summed E-state index contributed by atoms with van der Waals surface area (Å²) < 4.78 is 13.0. The lowest BCUT2D eigenvalue weighted by molar-refractivity contribution is 0.194. The van der Waals surface area contributed by atoms with E-state index in [2.05, 4.69) is 10.6 Å². The molecule has 0 heterocycles. The van der Waals surface area contributed by atoms with Crippen LogP contribution < -0.4 is 10.6 Å². The molecule has 0 radical (unpaired) electrons. The lowest BCUT2D eigenvalue weighted by Crippen LogP contribution is -2.19. The first-order chi connectivity index (χ1) is 10.1. The van der Waals surface area contributed by atoms with E-state index in [1.807, 2.05) is 6.07 Å². The lowest BCUT2D eigenvalue weighted by atomic mass is 10.1. The van der Waals surface area contributed by atoms with Gasteiger partial charge in [0.05, 0.1) is 11.3 Å². The number of carbonyl (C=O) groups is 1. The van der Waals surface area contributed by atoms with Crippen LogP contribution in [0.25, 0.3) is 0 Å². The van der Waals surface area contributed by atoms with Gasteiger partial charge in [-0.05, 0) is 35.9 Å². The highest BCUT2D eigenvalue weighted by atomic mass is 19.1. The molecule has 0 bridgehead atoms. The van der Waals surface area contributed by atoms with Crippen molar-refractivity contribution in [2.45, 2.75) is 6.54 Å². The predicted octanol–water partition coefficient (Wildman–Crippen LogP) is 3.21. The summed E-state index contributed by atoms with van der Waals surface area (Å²) in [6, 6.07) is 12.9. The number of hydrogen-bond donors (Lipinski definition) is 3. The van der Waals surface area contributed by atoms with Crippen molar-refractivity contribution in [1.82, 2.24) is 5.32 Å². The standard InChI is InChI=1S/C15H12FN3O2/c16-12-3-6-14(11(7-12)8-17)19-13-4-1-10(2-5-13)9-18-15(20)21/h1-7,18-19H,9H2,(H,20,21). The highest BCUT2D eigenvalue weighted by molar-refractivity contribution is 5.67. The number of carboxylic acid groups (broad SMARTS) is 1. The molecule has 5 nitrogen and oxygen atoms in total. The van der Waals surface area contributed by atoms with Gasteiger partial charge in [0, 0.05) is 12.2 Å². The van der Waals surface area contributed by atoms with E-state index in [1.165, 1.54) is 12.1 Å². The smallest absolute Gasteiger partial charge is 0.404 e. The normalized spacial score (nSPS) is 9.71. The molecule has 0 aliphatic carbocycles. The van der Waals surface area contributed by atoms with Crippen molar-refractivity contribution < 1.29 is 14.3 Å². The average Bonchev–Trinajstić information content (AvgIpc) is 2.48. The molecule has 2 aromatic carbocycles. The Morgan fingerprint density at radius 2 is 1.95 bits per heavy atom. The maximum atomic E-state index is 13.0. The van der Waals surface area contributed by atoms with E-state index in [-0.39, 0.29) is 12.1 Å². The first-order valence-corrected chi connectivity index (χ1v) is 6.11. The van der Waals surface area contributed by atoms with Crippen molar-refractivity contribution in [3.05, 3.63) is 59.4 Å². The van der Waals surface area contributed by atoms with E-state index < -0.39 is 11.9 Å². The molecule has 0 spiro atoms. The number of amides is 1. The number of hydrogen-bond acceptors (Lipinski definition) is 3. The summed E-state index contributed by atoms with van der Waals surface area (Å²) in [6.07, 6.45) is -1.08. The van der Waals surface area contributed by atoms with Crippen molar-refractivity contribution in [1.29, 1.82) is 5.26 Å². The molecule has 6 heteroatoms. The molecule has 0 fully saturated rings. The van der Waals surface area contributed by atoms with Gasteiger partial charge >= 0.3 is 6.09 Å². The molecule has 21 heavy (non-hydrogen) atoms. The number of nitrogens with one attached hydrogen (secondary N) is 2. The summed E-state index contributed by atoms with van der Waals surface area (Å²) in [5.74, 6) is -0.466. The minimum Gasteiger partial charge on any atom is -0.465 e. The van der Waals surface area contributed by atoms with Crippen LogP contribution in [0.5, 0.6) is 0 Å². The summed E-state index contributed by atoms with van der Waals surface area (Å²) in [7, 11) is 0. The molecule has 0 aliphatic heterocycles. The zero-order valence-corrected chi connectivity index (χ0v) is 10.9. The van der Waals surface area contributed by atoms with Crippen LogP contribution in [0.15, 0.2) is 42.5 Å². The Kier molecular flexibility index (Phi) is 4.36. The van der Waals surface area contributed by atoms with Crippen LogP contribution in [0.1, 0.15) is 11.1 Å². The number of rotatable bonds is 4. The van der Waals surface area contributed by atoms with Gasteiger partial charge in [0.2, 0.25) is 0 Å². The maximum absolute atomic E-state index is 13.0. The first-order valence-electron chi connectivity index (χ1n) is 6.11. The van der Waals surface area contributed by atoms with Gasteiger partial charge in [-0.15, -0.1) is 0 Å². The molecule has 106 valence electrons.